The maximum atomic E-state index is 5.77. The average molecular weight is 213 g/mol. The van der Waals surface area contributed by atoms with Crippen molar-refractivity contribution in [2.45, 2.75) is 20.0 Å². The molecule has 2 rings (SSSR count). The Labute approximate surface area is 95.9 Å². The van der Waals surface area contributed by atoms with Crippen molar-refractivity contribution in [2.75, 3.05) is 0 Å². The van der Waals surface area contributed by atoms with Crippen molar-refractivity contribution in [1.82, 2.24) is 4.98 Å². The molecule has 2 aromatic rings. The Balaban J connectivity index is 2.05. The summed E-state index contributed by atoms with van der Waals surface area (Å²) in [4.78, 5) is 4.06. The lowest BCUT2D eigenvalue weighted by Crippen LogP contribution is -1.98. The van der Waals surface area contributed by atoms with Gasteiger partial charge in [0, 0.05) is 18.0 Å². The number of ether oxygens (including phenoxy) is 1. The number of pyridine rings is 1. The molecule has 1 aromatic heterocycles. The van der Waals surface area contributed by atoms with Crippen molar-refractivity contribution < 1.29 is 4.74 Å². The molecule has 2 heteroatoms. The van der Waals surface area contributed by atoms with Crippen LogP contribution in [0.25, 0.3) is 0 Å². The summed E-state index contributed by atoms with van der Waals surface area (Å²) < 4.78 is 5.77. The number of aromatic nitrogens is 1. The second kappa shape index (κ2) is 5.31. The largest absolute Gasteiger partial charge is 0.489 e. The maximum absolute atomic E-state index is 5.77. The van der Waals surface area contributed by atoms with Gasteiger partial charge in [-0.2, -0.15) is 0 Å². The van der Waals surface area contributed by atoms with Crippen molar-refractivity contribution in [2.24, 2.45) is 0 Å². The third kappa shape index (κ3) is 2.60. The number of hydrogen-bond acceptors (Lipinski definition) is 2. The van der Waals surface area contributed by atoms with Crippen molar-refractivity contribution in [1.29, 1.82) is 0 Å². The number of nitrogens with zero attached hydrogens (tertiary/aromatic N) is 1. The Morgan fingerprint density at radius 1 is 1.12 bits per heavy atom. The SMILES string of the molecule is CCc1ccccc1OCc1cccnc1. The third-order valence-corrected chi connectivity index (χ3v) is 2.47. The fraction of sp³-hybridized carbons (Fsp3) is 0.214. The quantitative estimate of drug-likeness (QED) is 0.778. The lowest BCUT2D eigenvalue weighted by atomic mass is 10.1. The fourth-order valence-electron chi connectivity index (χ4n) is 1.58. The van der Waals surface area contributed by atoms with Crippen LogP contribution in [0.4, 0.5) is 0 Å². The first-order chi connectivity index (χ1) is 7.90. The lowest BCUT2D eigenvalue weighted by molar-refractivity contribution is 0.302. The molecule has 0 amide bonds. The lowest BCUT2D eigenvalue weighted by Gasteiger charge is -2.09. The van der Waals surface area contributed by atoms with Gasteiger partial charge in [0.2, 0.25) is 0 Å². The zero-order valence-electron chi connectivity index (χ0n) is 9.39. The van der Waals surface area contributed by atoms with Crippen LogP contribution in [0.2, 0.25) is 0 Å². The zero-order chi connectivity index (χ0) is 11.2. The van der Waals surface area contributed by atoms with E-state index >= 15 is 0 Å². The van der Waals surface area contributed by atoms with Crippen LogP contribution in [0.15, 0.2) is 48.8 Å². The number of rotatable bonds is 4. The molecule has 0 aliphatic heterocycles. The molecule has 0 aliphatic carbocycles. The molecule has 0 unspecified atom stereocenters. The Morgan fingerprint density at radius 2 is 2.00 bits per heavy atom. The summed E-state index contributed by atoms with van der Waals surface area (Å²) in [6.07, 6.45) is 4.58. The number of benzene rings is 1. The number of para-hydroxylation sites is 1. The Morgan fingerprint density at radius 3 is 2.75 bits per heavy atom. The summed E-state index contributed by atoms with van der Waals surface area (Å²) in [5.74, 6) is 0.967. The second-order valence-corrected chi connectivity index (χ2v) is 3.61. The molecule has 0 fully saturated rings. The van der Waals surface area contributed by atoms with E-state index in [4.69, 9.17) is 4.74 Å². The van der Waals surface area contributed by atoms with E-state index < -0.39 is 0 Å². The van der Waals surface area contributed by atoms with E-state index in [0.717, 1.165) is 17.7 Å². The minimum Gasteiger partial charge on any atom is -0.489 e. The highest BCUT2D eigenvalue weighted by molar-refractivity contribution is 5.33. The smallest absolute Gasteiger partial charge is 0.122 e. The van der Waals surface area contributed by atoms with Gasteiger partial charge in [0.15, 0.2) is 0 Å². The highest BCUT2D eigenvalue weighted by Crippen LogP contribution is 2.19. The summed E-state index contributed by atoms with van der Waals surface area (Å²) in [7, 11) is 0. The molecular formula is C14H15NO. The van der Waals surface area contributed by atoms with Gasteiger partial charge in [-0.05, 0) is 24.1 Å². The topological polar surface area (TPSA) is 22.1 Å². The Kier molecular flexibility index (Phi) is 3.54. The normalized spacial score (nSPS) is 10.1. The standard InChI is InChI=1S/C14H15NO/c1-2-13-7-3-4-8-14(13)16-11-12-6-5-9-15-10-12/h3-10H,2,11H2,1H3. The summed E-state index contributed by atoms with van der Waals surface area (Å²) in [6.45, 7) is 2.71. The van der Waals surface area contributed by atoms with E-state index in [2.05, 4.69) is 18.0 Å². The van der Waals surface area contributed by atoms with Gasteiger partial charge in [0.1, 0.15) is 12.4 Å². The van der Waals surface area contributed by atoms with E-state index in [-0.39, 0.29) is 0 Å². The molecule has 0 saturated carbocycles. The van der Waals surface area contributed by atoms with Crippen LogP contribution in [0.1, 0.15) is 18.1 Å². The van der Waals surface area contributed by atoms with E-state index in [9.17, 15) is 0 Å². The highest BCUT2D eigenvalue weighted by atomic mass is 16.5. The van der Waals surface area contributed by atoms with Crippen molar-refractivity contribution >= 4 is 0 Å². The van der Waals surface area contributed by atoms with Gasteiger partial charge in [-0.3, -0.25) is 4.98 Å². The van der Waals surface area contributed by atoms with Crippen LogP contribution in [0.3, 0.4) is 0 Å². The van der Waals surface area contributed by atoms with Gasteiger partial charge in [-0.15, -0.1) is 0 Å². The van der Waals surface area contributed by atoms with Crippen molar-refractivity contribution in [3.8, 4) is 5.75 Å². The van der Waals surface area contributed by atoms with E-state index in [0.29, 0.717) is 6.61 Å². The summed E-state index contributed by atoms with van der Waals surface area (Å²) in [6, 6.07) is 12.1. The van der Waals surface area contributed by atoms with Gasteiger partial charge < -0.3 is 4.74 Å². The predicted molar refractivity (Wildman–Crippen MR) is 64.4 cm³/mol. The van der Waals surface area contributed by atoms with E-state index in [1.54, 1.807) is 6.20 Å². The fourth-order valence-corrected chi connectivity index (χ4v) is 1.58. The minimum atomic E-state index is 0.574. The van der Waals surface area contributed by atoms with E-state index in [1.807, 2.05) is 36.5 Å². The highest BCUT2D eigenvalue weighted by Gasteiger charge is 2.00. The average Bonchev–Trinajstić information content (AvgIpc) is 2.38. The Hall–Kier alpha value is -1.83. The molecule has 82 valence electrons. The molecule has 0 N–H and O–H groups in total. The summed E-state index contributed by atoms with van der Waals surface area (Å²) in [5, 5.41) is 0. The molecular weight excluding hydrogens is 198 g/mol. The van der Waals surface area contributed by atoms with Crippen LogP contribution >= 0.6 is 0 Å². The van der Waals surface area contributed by atoms with Gasteiger partial charge in [-0.1, -0.05) is 31.2 Å². The predicted octanol–water partition coefficient (Wildman–Crippen LogP) is 3.22. The molecule has 16 heavy (non-hydrogen) atoms. The first kappa shape index (κ1) is 10.7. The molecule has 0 saturated heterocycles. The molecule has 0 spiro atoms. The summed E-state index contributed by atoms with van der Waals surface area (Å²) in [5.41, 5.74) is 2.33. The third-order valence-electron chi connectivity index (χ3n) is 2.47. The van der Waals surface area contributed by atoms with Crippen LogP contribution in [-0.4, -0.2) is 4.98 Å². The minimum absolute atomic E-state index is 0.574. The van der Waals surface area contributed by atoms with Crippen LogP contribution in [-0.2, 0) is 13.0 Å². The molecule has 1 heterocycles. The van der Waals surface area contributed by atoms with Gasteiger partial charge >= 0.3 is 0 Å². The van der Waals surface area contributed by atoms with Gasteiger partial charge in [0.05, 0.1) is 0 Å². The molecule has 1 aromatic carbocycles. The van der Waals surface area contributed by atoms with Crippen LogP contribution in [0, 0.1) is 0 Å². The van der Waals surface area contributed by atoms with Crippen LogP contribution in [0.5, 0.6) is 5.75 Å². The van der Waals surface area contributed by atoms with E-state index in [1.165, 1.54) is 5.56 Å². The maximum Gasteiger partial charge on any atom is 0.122 e. The molecule has 0 aliphatic rings. The van der Waals surface area contributed by atoms with Gasteiger partial charge in [0.25, 0.3) is 0 Å². The second-order valence-electron chi connectivity index (χ2n) is 3.61. The first-order valence-electron chi connectivity index (χ1n) is 5.49. The summed E-state index contributed by atoms with van der Waals surface area (Å²) >= 11 is 0. The van der Waals surface area contributed by atoms with Crippen LogP contribution < -0.4 is 4.74 Å². The zero-order valence-corrected chi connectivity index (χ0v) is 9.39. The molecule has 0 bridgehead atoms. The number of hydrogen-bond donors (Lipinski definition) is 0. The number of aryl methyl sites for hydroxylation is 1. The Bertz CT molecular complexity index is 439. The molecule has 0 radical (unpaired) electrons. The monoisotopic (exact) mass is 213 g/mol. The van der Waals surface area contributed by atoms with Crippen molar-refractivity contribution in [3.05, 3.63) is 59.9 Å². The van der Waals surface area contributed by atoms with Gasteiger partial charge in [-0.25, -0.2) is 0 Å². The molecule has 2 nitrogen and oxygen atoms in total. The first-order valence-corrected chi connectivity index (χ1v) is 5.49. The molecule has 0 atom stereocenters. The van der Waals surface area contributed by atoms with Crippen molar-refractivity contribution in [3.63, 3.8) is 0 Å².